The van der Waals surface area contributed by atoms with Crippen LogP contribution < -0.4 is 16.0 Å². The number of hydrogen-bond acceptors (Lipinski definition) is 9. The third-order valence-corrected chi connectivity index (χ3v) is 8.31. The Hall–Kier alpha value is -1.86. The summed E-state index contributed by atoms with van der Waals surface area (Å²) in [5, 5.41) is 30.9. The van der Waals surface area contributed by atoms with Gasteiger partial charge < -0.3 is 45.7 Å². The van der Waals surface area contributed by atoms with Crippen molar-refractivity contribution in [1.29, 1.82) is 0 Å². The second-order valence-electron chi connectivity index (χ2n) is 11.0. The summed E-state index contributed by atoms with van der Waals surface area (Å²) >= 11 is 0. The summed E-state index contributed by atoms with van der Waals surface area (Å²) in [7, 11) is -8.40. The first-order valence-corrected chi connectivity index (χ1v) is 17.6. The van der Waals surface area contributed by atoms with E-state index in [9.17, 15) is 19.3 Å². The summed E-state index contributed by atoms with van der Waals surface area (Å²) in [6.07, 6.45) is 0.00469. The molecule has 1 aliphatic heterocycles. The maximum atomic E-state index is 11.2. The van der Waals surface area contributed by atoms with Gasteiger partial charge in [-0.1, -0.05) is 35.4 Å². The number of rotatable bonds is 12. The number of hydrogen-bond donors (Lipinski definition) is 9. The molecule has 0 amide bonds. The monoisotopic (exact) mass is 629 g/mol. The van der Waals surface area contributed by atoms with Crippen LogP contribution in [0.5, 0.6) is 11.5 Å². The fourth-order valence-corrected chi connectivity index (χ4v) is 5.95. The molecule has 0 aromatic heterocycles. The van der Waals surface area contributed by atoms with Crippen molar-refractivity contribution in [2.24, 2.45) is 0 Å². The summed E-state index contributed by atoms with van der Waals surface area (Å²) in [4.78, 5) is 41.0. The predicted octanol–water partition coefficient (Wildman–Crippen LogP) is 1.46. The van der Waals surface area contributed by atoms with E-state index in [1.54, 1.807) is 0 Å². The Morgan fingerprint density at radius 2 is 1.12 bits per heavy atom. The second kappa shape index (κ2) is 15.7. The molecule has 1 heterocycles. The van der Waals surface area contributed by atoms with Gasteiger partial charge >= 0.3 is 15.2 Å². The lowest BCUT2D eigenvalue weighted by Crippen LogP contribution is -2.41. The number of aromatic hydroxyl groups is 2. The smallest absolute Gasteiger partial charge is 0.339 e. The number of nitrogens with one attached hydrogen (secondary N) is 3. The zero-order valence-corrected chi connectivity index (χ0v) is 26.1. The molecule has 13 nitrogen and oxygen atoms in total. The summed E-state index contributed by atoms with van der Waals surface area (Å²) in [6, 6.07) is 7.48. The van der Waals surface area contributed by atoms with Crippen LogP contribution in [0.1, 0.15) is 39.8 Å². The van der Waals surface area contributed by atoms with Gasteiger partial charge in [0.25, 0.3) is 0 Å². The van der Waals surface area contributed by atoms with E-state index in [0.717, 1.165) is 61.4 Å². The third kappa shape index (κ3) is 12.0. The minimum Gasteiger partial charge on any atom is -0.507 e. The van der Waals surface area contributed by atoms with Crippen molar-refractivity contribution in [2.75, 3.05) is 51.8 Å². The first kappa shape index (κ1) is 34.6. The van der Waals surface area contributed by atoms with Crippen molar-refractivity contribution >= 4 is 15.2 Å². The van der Waals surface area contributed by atoms with E-state index in [2.05, 4.69) is 25.8 Å². The molecule has 236 valence electrons. The lowest BCUT2D eigenvalue weighted by molar-refractivity contribution is 0.181. The van der Waals surface area contributed by atoms with Gasteiger partial charge in [-0.25, -0.2) is 0 Å². The van der Waals surface area contributed by atoms with Gasteiger partial charge in [0, 0.05) is 74.6 Å². The summed E-state index contributed by atoms with van der Waals surface area (Å²) in [5.74, 6) is 0.237. The Kier molecular flexibility index (Phi) is 13.0. The van der Waals surface area contributed by atoms with E-state index in [-0.39, 0.29) is 24.6 Å². The van der Waals surface area contributed by atoms with Crippen LogP contribution in [0.2, 0.25) is 0 Å². The number of benzene rings is 2. The average Bonchev–Trinajstić information content (AvgIpc) is 2.87. The third-order valence-electron chi connectivity index (χ3n) is 7.04. The first-order chi connectivity index (χ1) is 19.7. The lowest BCUT2D eigenvalue weighted by Gasteiger charge is -2.30. The maximum Gasteiger partial charge on any atom is 0.339 e. The van der Waals surface area contributed by atoms with Crippen LogP contribution in [0.15, 0.2) is 24.3 Å². The molecule has 42 heavy (non-hydrogen) atoms. The standard InChI is InChI=1S/C27H45N5O8P2/c1-20-10-22(14-29-18-41(35,36)37)26(33)24(12-20)16-31-6-3-4-28-5-7-32(9-8-31)17-25-13-21(2)11-23(27(25)34)15-30-19-42(38,39)40/h10-13,28-30,33-34H,3-9,14-19H2,1-2H3,(H2,35,36,37)(H2,38,39,40). The van der Waals surface area contributed by atoms with Gasteiger partial charge in [-0.3, -0.25) is 18.9 Å². The van der Waals surface area contributed by atoms with Crippen molar-refractivity contribution in [3.8, 4) is 11.5 Å². The molecule has 0 aliphatic carbocycles. The highest BCUT2D eigenvalue weighted by Gasteiger charge is 2.19. The Morgan fingerprint density at radius 1 is 0.690 bits per heavy atom. The Bertz CT molecular complexity index is 1190. The van der Waals surface area contributed by atoms with Crippen LogP contribution in [0.3, 0.4) is 0 Å². The molecule has 2 aromatic rings. The Balaban J connectivity index is 1.70. The molecule has 0 atom stereocenters. The molecule has 1 aliphatic rings. The molecule has 1 saturated heterocycles. The zero-order chi connectivity index (χ0) is 30.9. The topological polar surface area (TPSA) is 198 Å². The summed E-state index contributed by atoms with van der Waals surface area (Å²) < 4.78 is 22.4. The molecular weight excluding hydrogens is 584 g/mol. The van der Waals surface area contributed by atoms with Gasteiger partial charge in [0.15, 0.2) is 0 Å². The molecular formula is C27H45N5O8P2. The van der Waals surface area contributed by atoms with E-state index in [1.165, 1.54) is 0 Å². The fraction of sp³-hybridized carbons (Fsp3) is 0.556. The van der Waals surface area contributed by atoms with E-state index in [1.807, 2.05) is 38.1 Å². The quantitative estimate of drug-likeness (QED) is 0.153. The van der Waals surface area contributed by atoms with Gasteiger partial charge in [-0.2, -0.15) is 0 Å². The number of nitrogens with zero attached hydrogens (tertiary/aromatic N) is 2. The Morgan fingerprint density at radius 3 is 1.57 bits per heavy atom. The minimum absolute atomic E-state index is 0.116. The zero-order valence-electron chi connectivity index (χ0n) is 24.3. The van der Waals surface area contributed by atoms with Crippen molar-refractivity contribution in [3.63, 3.8) is 0 Å². The number of phenols is 2. The molecule has 0 unspecified atom stereocenters. The van der Waals surface area contributed by atoms with E-state index in [4.69, 9.17) is 19.6 Å². The predicted molar refractivity (Wildman–Crippen MR) is 161 cm³/mol. The molecule has 2 aromatic carbocycles. The molecule has 1 fully saturated rings. The highest BCUT2D eigenvalue weighted by molar-refractivity contribution is 7.51. The van der Waals surface area contributed by atoms with Crippen LogP contribution in [0.25, 0.3) is 0 Å². The highest BCUT2D eigenvalue weighted by Crippen LogP contribution is 2.34. The van der Waals surface area contributed by atoms with Gasteiger partial charge in [-0.15, -0.1) is 0 Å². The summed E-state index contributed by atoms with van der Waals surface area (Å²) in [5.41, 5.74) is 4.56. The molecule has 0 saturated carbocycles. The van der Waals surface area contributed by atoms with Gasteiger partial charge in [0.2, 0.25) is 0 Å². The maximum absolute atomic E-state index is 11.2. The van der Waals surface area contributed by atoms with Crippen LogP contribution in [-0.4, -0.2) is 91.4 Å². The molecule has 0 radical (unpaired) electrons. The molecule has 0 spiro atoms. The highest BCUT2D eigenvalue weighted by atomic mass is 31.2. The molecule has 0 bridgehead atoms. The van der Waals surface area contributed by atoms with E-state index in [0.29, 0.717) is 30.8 Å². The van der Waals surface area contributed by atoms with Gasteiger partial charge in [-0.05, 0) is 33.4 Å². The molecule has 3 rings (SSSR count). The van der Waals surface area contributed by atoms with E-state index < -0.39 is 27.8 Å². The first-order valence-electron chi connectivity index (χ1n) is 14.0. The minimum atomic E-state index is -4.20. The normalized spacial score (nSPS) is 16.5. The molecule has 15 heteroatoms. The largest absolute Gasteiger partial charge is 0.507 e. The van der Waals surface area contributed by atoms with Gasteiger partial charge in [0.05, 0.1) is 12.6 Å². The summed E-state index contributed by atoms with van der Waals surface area (Å²) in [6.45, 7) is 9.78. The fourth-order valence-electron chi connectivity index (χ4n) is 5.15. The Labute approximate surface area is 247 Å². The van der Waals surface area contributed by atoms with Crippen LogP contribution in [-0.2, 0) is 35.3 Å². The molecule has 9 N–H and O–H groups in total. The van der Waals surface area contributed by atoms with E-state index >= 15 is 0 Å². The van der Waals surface area contributed by atoms with Gasteiger partial charge in [0.1, 0.15) is 11.5 Å². The lowest BCUT2D eigenvalue weighted by atomic mass is 10.0. The van der Waals surface area contributed by atoms with Crippen molar-refractivity contribution in [1.82, 2.24) is 25.8 Å². The number of phenolic OH excluding ortho intramolecular Hbond substituents is 2. The van der Waals surface area contributed by atoms with Crippen LogP contribution >= 0.6 is 15.2 Å². The second-order valence-corrected chi connectivity index (χ2v) is 14.3. The van der Waals surface area contributed by atoms with Crippen LogP contribution in [0, 0.1) is 13.8 Å². The van der Waals surface area contributed by atoms with Crippen molar-refractivity contribution in [3.05, 3.63) is 57.6 Å². The average molecular weight is 630 g/mol. The number of aryl methyl sites for hydroxylation is 2. The van der Waals surface area contributed by atoms with Crippen molar-refractivity contribution < 1.29 is 38.9 Å². The van der Waals surface area contributed by atoms with Crippen LogP contribution in [0.4, 0.5) is 0 Å². The van der Waals surface area contributed by atoms with Crippen molar-refractivity contribution in [2.45, 2.75) is 46.4 Å². The SMILES string of the molecule is Cc1cc(CNCP(=O)(O)O)c(O)c(CN2CCCNCCN(Cc3cc(C)cc(CNCP(=O)(O)O)c3O)CC2)c1.